The van der Waals surface area contributed by atoms with Gasteiger partial charge in [0, 0.05) is 13.1 Å². The standard InChI is InChI=1S/C13H20N4S/c1-2-3-10-4-6-17(7-5-10)12-9-15-11(8-16-12)13(14)18/h8-10H,2-7H2,1H3,(H2,14,18). The smallest absolute Gasteiger partial charge is 0.147 e. The van der Waals surface area contributed by atoms with Gasteiger partial charge in [-0.05, 0) is 18.8 Å². The zero-order chi connectivity index (χ0) is 13.0. The van der Waals surface area contributed by atoms with Gasteiger partial charge >= 0.3 is 0 Å². The summed E-state index contributed by atoms with van der Waals surface area (Å²) in [4.78, 5) is 11.2. The van der Waals surface area contributed by atoms with Crippen molar-refractivity contribution >= 4 is 23.0 Å². The van der Waals surface area contributed by atoms with Crippen LogP contribution in [-0.2, 0) is 0 Å². The Balaban J connectivity index is 1.95. The molecule has 5 heteroatoms. The van der Waals surface area contributed by atoms with Crippen LogP contribution in [0.3, 0.4) is 0 Å². The van der Waals surface area contributed by atoms with Gasteiger partial charge in [0.15, 0.2) is 0 Å². The summed E-state index contributed by atoms with van der Waals surface area (Å²) in [7, 11) is 0. The van der Waals surface area contributed by atoms with Gasteiger partial charge in [0.1, 0.15) is 16.5 Å². The van der Waals surface area contributed by atoms with E-state index in [1.807, 2.05) is 0 Å². The van der Waals surface area contributed by atoms with Gasteiger partial charge in [-0.1, -0.05) is 32.0 Å². The predicted molar refractivity (Wildman–Crippen MR) is 77.8 cm³/mol. The van der Waals surface area contributed by atoms with Crippen LogP contribution in [0.25, 0.3) is 0 Å². The molecule has 2 heterocycles. The van der Waals surface area contributed by atoms with Crippen molar-refractivity contribution in [3.05, 3.63) is 18.1 Å². The maximum absolute atomic E-state index is 5.51. The minimum absolute atomic E-state index is 0.302. The van der Waals surface area contributed by atoms with Crippen LogP contribution in [0.1, 0.15) is 38.3 Å². The molecule has 0 unspecified atom stereocenters. The molecule has 4 nitrogen and oxygen atoms in total. The number of hydrogen-bond acceptors (Lipinski definition) is 4. The molecular weight excluding hydrogens is 244 g/mol. The number of nitrogens with two attached hydrogens (primary N) is 1. The van der Waals surface area contributed by atoms with Crippen LogP contribution in [0.15, 0.2) is 12.4 Å². The van der Waals surface area contributed by atoms with Crippen LogP contribution in [0, 0.1) is 5.92 Å². The molecule has 1 fully saturated rings. The Kier molecular flexibility index (Phi) is 4.47. The highest BCUT2D eigenvalue weighted by Crippen LogP contribution is 2.24. The van der Waals surface area contributed by atoms with Crippen LogP contribution >= 0.6 is 12.2 Å². The molecule has 1 aliphatic rings. The van der Waals surface area contributed by atoms with E-state index >= 15 is 0 Å². The third kappa shape index (κ3) is 3.16. The average Bonchev–Trinajstić information content (AvgIpc) is 2.40. The normalized spacial score (nSPS) is 16.8. The Hall–Kier alpha value is -1.23. The van der Waals surface area contributed by atoms with Crippen LogP contribution < -0.4 is 10.6 Å². The summed E-state index contributed by atoms with van der Waals surface area (Å²) in [6.07, 6.45) is 8.58. The van der Waals surface area contributed by atoms with Crippen molar-refractivity contribution in [1.29, 1.82) is 0 Å². The number of aromatic nitrogens is 2. The Labute approximate surface area is 114 Å². The van der Waals surface area contributed by atoms with Gasteiger partial charge in [0.05, 0.1) is 12.4 Å². The first kappa shape index (κ1) is 13.2. The van der Waals surface area contributed by atoms with Crippen molar-refractivity contribution in [3.63, 3.8) is 0 Å². The van der Waals surface area contributed by atoms with Crippen molar-refractivity contribution in [2.45, 2.75) is 32.6 Å². The second-order valence-corrected chi connectivity index (χ2v) is 5.28. The van der Waals surface area contributed by atoms with Gasteiger partial charge in [0.25, 0.3) is 0 Å². The fraction of sp³-hybridized carbons (Fsp3) is 0.615. The van der Waals surface area contributed by atoms with E-state index in [0.29, 0.717) is 10.7 Å². The molecule has 0 aromatic carbocycles. The van der Waals surface area contributed by atoms with Crippen LogP contribution in [0.5, 0.6) is 0 Å². The number of hydrogen-bond donors (Lipinski definition) is 1. The molecule has 1 saturated heterocycles. The molecule has 2 N–H and O–H groups in total. The van der Waals surface area contributed by atoms with Gasteiger partial charge in [0.2, 0.25) is 0 Å². The highest BCUT2D eigenvalue weighted by atomic mass is 32.1. The number of piperidine rings is 1. The molecule has 0 bridgehead atoms. The molecule has 1 aromatic rings. The molecule has 2 rings (SSSR count). The Morgan fingerprint density at radius 3 is 2.61 bits per heavy atom. The van der Waals surface area contributed by atoms with Crippen molar-refractivity contribution in [2.24, 2.45) is 11.7 Å². The molecule has 0 amide bonds. The molecule has 98 valence electrons. The second-order valence-electron chi connectivity index (χ2n) is 4.84. The number of anilines is 1. The lowest BCUT2D eigenvalue weighted by Gasteiger charge is -2.32. The number of thiocarbonyl (C=S) groups is 1. The van der Waals surface area contributed by atoms with Crippen molar-refractivity contribution in [1.82, 2.24) is 9.97 Å². The molecule has 0 radical (unpaired) electrons. The molecule has 1 aliphatic heterocycles. The third-order valence-electron chi connectivity index (χ3n) is 3.53. The van der Waals surface area contributed by atoms with E-state index in [4.69, 9.17) is 18.0 Å². The lowest BCUT2D eigenvalue weighted by molar-refractivity contribution is 0.377. The Morgan fingerprint density at radius 1 is 1.39 bits per heavy atom. The molecule has 0 saturated carbocycles. The lowest BCUT2D eigenvalue weighted by atomic mass is 9.92. The van der Waals surface area contributed by atoms with Crippen molar-refractivity contribution in [2.75, 3.05) is 18.0 Å². The van der Waals surface area contributed by atoms with Crippen LogP contribution in [0.4, 0.5) is 5.82 Å². The summed E-state index contributed by atoms with van der Waals surface area (Å²) in [5, 5.41) is 0. The Morgan fingerprint density at radius 2 is 2.11 bits per heavy atom. The number of rotatable bonds is 4. The molecule has 1 aromatic heterocycles. The molecular formula is C13H20N4S. The second kappa shape index (κ2) is 6.09. The van der Waals surface area contributed by atoms with Crippen LogP contribution in [-0.4, -0.2) is 28.0 Å². The topological polar surface area (TPSA) is 55.0 Å². The van der Waals surface area contributed by atoms with E-state index in [0.717, 1.165) is 24.8 Å². The van der Waals surface area contributed by atoms with Crippen molar-refractivity contribution < 1.29 is 0 Å². The molecule has 0 atom stereocenters. The minimum atomic E-state index is 0.302. The molecule has 18 heavy (non-hydrogen) atoms. The van der Waals surface area contributed by atoms with Crippen molar-refractivity contribution in [3.8, 4) is 0 Å². The highest BCUT2D eigenvalue weighted by Gasteiger charge is 2.19. The van der Waals surface area contributed by atoms with Crippen LogP contribution in [0.2, 0.25) is 0 Å². The zero-order valence-electron chi connectivity index (χ0n) is 10.8. The fourth-order valence-corrected chi connectivity index (χ4v) is 2.58. The monoisotopic (exact) mass is 264 g/mol. The third-order valence-corrected chi connectivity index (χ3v) is 3.74. The quantitative estimate of drug-likeness (QED) is 0.844. The predicted octanol–water partition coefficient (Wildman–Crippen LogP) is 2.13. The first-order valence-electron chi connectivity index (χ1n) is 6.57. The first-order chi connectivity index (χ1) is 8.70. The largest absolute Gasteiger partial charge is 0.388 e. The van der Waals surface area contributed by atoms with Gasteiger partial charge < -0.3 is 10.6 Å². The zero-order valence-corrected chi connectivity index (χ0v) is 11.6. The Bertz CT molecular complexity index is 396. The van der Waals surface area contributed by atoms with E-state index in [1.165, 1.54) is 25.7 Å². The van der Waals surface area contributed by atoms with E-state index in [2.05, 4.69) is 21.8 Å². The van der Waals surface area contributed by atoms with Gasteiger partial charge in [-0.15, -0.1) is 0 Å². The van der Waals surface area contributed by atoms with E-state index in [-0.39, 0.29) is 0 Å². The van der Waals surface area contributed by atoms with Gasteiger partial charge in [-0.2, -0.15) is 0 Å². The first-order valence-corrected chi connectivity index (χ1v) is 6.98. The summed E-state index contributed by atoms with van der Waals surface area (Å²) < 4.78 is 0. The van der Waals surface area contributed by atoms with E-state index in [1.54, 1.807) is 12.4 Å². The molecule has 0 spiro atoms. The summed E-state index contributed by atoms with van der Waals surface area (Å²) in [6, 6.07) is 0. The summed E-state index contributed by atoms with van der Waals surface area (Å²) in [5.41, 5.74) is 6.10. The summed E-state index contributed by atoms with van der Waals surface area (Å²) in [5.74, 6) is 1.82. The summed E-state index contributed by atoms with van der Waals surface area (Å²) >= 11 is 4.87. The molecule has 0 aliphatic carbocycles. The number of nitrogens with zero attached hydrogens (tertiary/aromatic N) is 3. The van der Waals surface area contributed by atoms with E-state index < -0.39 is 0 Å². The minimum Gasteiger partial charge on any atom is -0.388 e. The SMILES string of the molecule is CCCC1CCN(c2cnc(C(N)=S)cn2)CC1. The summed E-state index contributed by atoms with van der Waals surface area (Å²) in [6.45, 7) is 4.41. The van der Waals surface area contributed by atoms with Gasteiger partial charge in [-0.3, -0.25) is 0 Å². The fourth-order valence-electron chi connectivity index (χ4n) is 2.47. The maximum Gasteiger partial charge on any atom is 0.147 e. The lowest BCUT2D eigenvalue weighted by Crippen LogP contribution is -2.34. The van der Waals surface area contributed by atoms with Gasteiger partial charge in [-0.25, -0.2) is 9.97 Å². The average molecular weight is 264 g/mol. The van der Waals surface area contributed by atoms with E-state index in [9.17, 15) is 0 Å². The maximum atomic E-state index is 5.51. The highest BCUT2D eigenvalue weighted by molar-refractivity contribution is 7.80.